The second-order valence-corrected chi connectivity index (χ2v) is 5.41. The zero-order valence-electron chi connectivity index (χ0n) is 12.2. The molecule has 3 N–H and O–H groups in total. The van der Waals surface area contributed by atoms with Gasteiger partial charge in [-0.2, -0.15) is 0 Å². The van der Waals surface area contributed by atoms with Gasteiger partial charge in [-0.05, 0) is 0 Å². The van der Waals surface area contributed by atoms with E-state index in [1.165, 1.54) is 0 Å². The van der Waals surface area contributed by atoms with Crippen LogP contribution in [0.3, 0.4) is 0 Å². The Morgan fingerprint density at radius 1 is 1.32 bits per heavy atom. The maximum absolute atomic E-state index is 10.4. The molecule has 1 aromatic carbocycles. The molecular weight excluding hydrogens is 286 g/mol. The fourth-order valence-electron chi connectivity index (χ4n) is 2.71. The zero-order chi connectivity index (χ0) is 15.5. The fourth-order valence-corrected chi connectivity index (χ4v) is 2.71. The zero-order valence-corrected chi connectivity index (χ0v) is 12.2. The van der Waals surface area contributed by atoms with E-state index in [0.29, 0.717) is 13.2 Å². The van der Waals surface area contributed by atoms with Gasteiger partial charge >= 0.3 is 0 Å². The number of nitrogens with two attached hydrogens (primary N) is 1. The lowest BCUT2D eigenvalue weighted by Gasteiger charge is -2.46. The van der Waals surface area contributed by atoms with Gasteiger partial charge in [0, 0.05) is 5.56 Å². The number of hydrogen-bond donors (Lipinski definition) is 2. The van der Waals surface area contributed by atoms with Gasteiger partial charge in [-0.3, -0.25) is 0 Å². The predicted molar refractivity (Wildman–Crippen MR) is 78.8 cm³/mol. The Labute approximate surface area is 129 Å². The van der Waals surface area contributed by atoms with Gasteiger partial charge in [0.15, 0.2) is 12.6 Å². The number of rotatable bonds is 4. The molecule has 6 heteroatoms. The summed E-state index contributed by atoms with van der Waals surface area (Å²) in [6.07, 6.45) is -1.47. The van der Waals surface area contributed by atoms with Gasteiger partial charge in [0.25, 0.3) is 0 Å². The number of fused-ring (bicyclic) bond motifs is 1. The molecule has 120 valence electrons. The highest BCUT2D eigenvalue weighted by Crippen LogP contribution is 2.33. The average Bonchev–Trinajstić information content (AvgIpc) is 2.57. The van der Waals surface area contributed by atoms with Crippen LogP contribution in [0.2, 0.25) is 0 Å². The largest absolute Gasteiger partial charge is 0.388 e. The van der Waals surface area contributed by atoms with E-state index in [4.69, 9.17) is 24.7 Å². The molecule has 2 aliphatic rings. The van der Waals surface area contributed by atoms with Crippen LogP contribution in [0.4, 0.5) is 0 Å². The monoisotopic (exact) mass is 307 g/mol. The minimum absolute atomic E-state index is 0.302. The Kier molecular flexibility index (Phi) is 4.87. The molecule has 6 atom stereocenters. The summed E-state index contributed by atoms with van der Waals surface area (Å²) in [5, 5.41) is 10.4. The Hall–Kier alpha value is -1.28. The first-order chi connectivity index (χ1) is 10.7. The van der Waals surface area contributed by atoms with Crippen molar-refractivity contribution in [2.24, 2.45) is 5.73 Å². The van der Waals surface area contributed by atoms with Crippen molar-refractivity contribution in [1.82, 2.24) is 0 Å². The van der Waals surface area contributed by atoms with Crippen LogP contribution in [0.1, 0.15) is 11.9 Å². The van der Waals surface area contributed by atoms with Crippen LogP contribution in [0, 0.1) is 0 Å². The quantitative estimate of drug-likeness (QED) is 0.798. The summed E-state index contributed by atoms with van der Waals surface area (Å²) in [6.45, 7) is 4.19. The first kappa shape index (κ1) is 15.6. The lowest BCUT2D eigenvalue weighted by atomic mass is 9.96. The molecule has 2 heterocycles. The molecule has 2 fully saturated rings. The highest BCUT2D eigenvalue weighted by Gasteiger charge is 2.48. The summed E-state index contributed by atoms with van der Waals surface area (Å²) in [6, 6.07) is 8.88. The van der Waals surface area contributed by atoms with Gasteiger partial charge in [-0.25, -0.2) is 0 Å². The number of aliphatic hydroxyl groups is 1. The van der Waals surface area contributed by atoms with Crippen molar-refractivity contribution in [1.29, 1.82) is 0 Å². The van der Waals surface area contributed by atoms with Crippen molar-refractivity contribution in [2.75, 3.05) is 13.2 Å². The smallest absolute Gasteiger partial charge is 0.184 e. The third-order valence-electron chi connectivity index (χ3n) is 3.86. The van der Waals surface area contributed by atoms with Gasteiger partial charge in [0.1, 0.15) is 18.3 Å². The van der Waals surface area contributed by atoms with Crippen molar-refractivity contribution < 1.29 is 24.1 Å². The number of benzene rings is 1. The van der Waals surface area contributed by atoms with E-state index in [2.05, 4.69) is 6.58 Å². The van der Waals surface area contributed by atoms with Crippen LogP contribution in [0.25, 0.3) is 0 Å². The van der Waals surface area contributed by atoms with Gasteiger partial charge < -0.3 is 29.8 Å². The van der Waals surface area contributed by atoms with E-state index in [1.54, 1.807) is 6.08 Å². The summed E-state index contributed by atoms with van der Waals surface area (Å²) < 4.78 is 22.7. The summed E-state index contributed by atoms with van der Waals surface area (Å²) >= 11 is 0. The van der Waals surface area contributed by atoms with Crippen molar-refractivity contribution in [2.45, 2.75) is 36.9 Å². The average molecular weight is 307 g/mol. The normalized spacial score (nSPS) is 38.3. The van der Waals surface area contributed by atoms with Crippen LogP contribution >= 0.6 is 0 Å². The number of aliphatic hydroxyl groups excluding tert-OH is 1. The molecule has 2 saturated heterocycles. The second kappa shape index (κ2) is 6.87. The van der Waals surface area contributed by atoms with Crippen molar-refractivity contribution in [3.05, 3.63) is 48.6 Å². The molecule has 0 saturated carbocycles. The molecule has 0 aromatic heterocycles. The molecule has 0 aliphatic carbocycles. The molecule has 0 radical (unpaired) electrons. The highest BCUT2D eigenvalue weighted by atomic mass is 16.7. The fraction of sp³-hybridized carbons (Fsp3) is 0.500. The van der Waals surface area contributed by atoms with Gasteiger partial charge in [0.05, 0.1) is 19.3 Å². The topological polar surface area (TPSA) is 83.2 Å². The lowest BCUT2D eigenvalue weighted by Crippen LogP contribution is -2.65. The highest BCUT2D eigenvalue weighted by molar-refractivity contribution is 5.16. The van der Waals surface area contributed by atoms with Crippen molar-refractivity contribution >= 4 is 0 Å². The van der Waals surface area contributed by atoms with E-state index >= 15 is 0 Å². The van der Waals surface area contributed by atoms with E-state index in [-0.39, 0.29) is 0 Å². The van der Waals surface area contributed by atoms with Crippen molar-refractivity contribution in [3.8, 4) is 0 Å². The van der Waals surface area contributed by atoms with Gasteiger partial charge in [0.2, 0.25) is 0 Å². The minimum atomic E-state index is -0.885. The summed E-state index contributed by atoms with van der Waals surface area (Å²) in [5.41, 5.74) is 6.89. The third-order valence-corrected chi connectivity index (χ3v) is 3.86. The molecule has 2 aliphatic heterocycles. The Morgan fingerprint density at radius 3 is 2.82 bits per heavy atom. The van der Waals surface area contributed by atoms with E-state index in [9.17, 15) is 5.11 Å². The Morgan fingerprint density at radius 2 is 2.09 bits per heavy atom. The molecular formula is C16H21NO5. The molecule has 0 amide bonds. The van der Waals surface area contributed by atoms with E-state index < -0.39 is 36.9 Å². The maximum Gasteiger partial charge on any atom is 0.184 e. The molecule has 1 unspecified atom stereocenters. The standard InChI is InChI=1S/C16H21NO5/c1-2-8-19-16-12(17)13(18)14-11(21-16)9-20-15(22-14)10-6-4-3-5-7-10/h2-7,11-16,18H,1,8-9,17H2/t11-,12-,13-,14-,15?,16+/m1/s1. The molecule has 22 heavy (non-hydrogen) atoms. The maximum atomic E-state index is 10.4. The first-order valence-corrected chi connectivity index (χ1v) is 7.34. The minimum Gasteiger partial charge on any atom is -0.388 e. The van der Waals surface area contributed by atoms with Crippen molar-refractivity contribution in [3.63, 3.8) is 0 Å². The van der Waals surface area contributed by atoms with Crippen LogP contribution in [-0.2, 0) is 18.9 Å². The first-order valence-electron chi connectivity index (χ1n) is 7.34. The van der Waals surface area contributed by atoms with Gasteiger partial charge in [-0.1, -0.05) is 36.4 Å². The second-order valence-electron chi connectivity index (χ2n) is 5.41. The number of hydrogen-bond acceptors (Lipinski definition) is 6. The Balaban J connectivity index is 1.69. The van der Waals surface area contributed by atoms with E-state index in [1.807, 2.05) is 30.3 Å². The van der Waals surface area contributed by atoms with Crippen LogP contribution in [0.5, 0.6) is 0 Å². The Bertz CT molecular complexity index is 495. The molecule has 3 rings (SSSR count). The molecule has 0 spiro atoms. The van der Waals surface area contributed by atoms with Crippen LogP contribution in [0.15, 0.2) is 43.0 Å². The summed E-state index contributed by atoms with van der Waals surface area (Å²) in [5.74, 6) is 0. The molecule has 6 nitrogen and oxygen atoms in total. The SMILES string of the molecule is C=CCO[C@H]1O[C@@H]2COC(c3ccccc3)O[C@H]2[C@H](O)[C@H]1N. The molecule has 1 aromatic rings. The van der Waals surface area contributed by atoms with Gasteiger partial charge in [-0.15, -0.1) is 6.58 Å². The summed E-state index contributed by atoms with van der Waals surface area (Å²) in [7, 11) is 0. The molecule has 0 bridgehead atoms. The third kappa shape index (κ3) is 3.08. The summed E-state index contributed by atoms with van der Waals surface area (Å²) in [4.78, 5) is 0. The van der Waals surface area contributed by atoms with Crippen LogP contribution in [-0.4, -0.2) is 49.0 Å². The number of ether oxygens (including phenoxy) is 4. The van der Waals surface area contributed by atoms with E-state index in [0.717, 1.165) is 5.56 Å². The lowest BCUT2D eigenvalue weighted by molar-refractivity contribution is -0.340. The van der Waals surface area contributed by atoms with Crippen LogP contribution < -0.4 is 5.73 Å². The predicted octanol–water partition coefficient (Wildman–Crippen LogP) is 0.716.